The van der Waals surface area contributed by atoms with Gasteiger partial charge in [-0.3, -0.25) is 0 Å². The molecule has 0 aliphatic rings. The molecule has 190 valence electrons. The van der Waals surface area contributed by atoms with Crippen LogP contribution in [0.15, 0.2) is 82.4 Å². The molecule has 0 bridgehead atoms. The third-order valence-corrected chi connectivity index (χ3v) is 5.96. The molecule has 1 aromatic heterocycles. The molecule has 1 unspecified atom stereocenters. The standard InChI is InChI=1S/C30H30N2O5/c1-5-26(30(33)34)37-27-16-15-24(17-20(27)3)28(22-9-7-6-8-10-22)32-35-18-25-21(4)36-29(31-25)23-13-11-19(2)12-14-23/h6-17,26H,5,18H2,1-4H3,(H,33,34)/b32-28-. The van der Waals surface area contributed by atoms with Crippen LogP contribution in [0, 0.1) is 20.8 Å². The van der Waals surface area contributed by atoms with Crippen molar-refractivity contribution in [3.63, 3.8) is 0 Å². The monoisotopic (exact) mass is 498 g/mol. The number of aliphatic carboxylic acids is 1. The van der Waals surface area contributed by atoms with E-state index in [-0.39, 0.29) is 6.61 Å². The van der Waals surface area contributed by atoms with Crippen LogP contribution in [0.25, 0.3) is 11.5 Å². The maximum absolute atomic E-state index is 11.4. The Labute approximate surface area is 216 Å². The third-order valence-electron chi connectivity index (χ3n) is 5.96. The van der Waals surface area contributed by atoms with Crippen LogP contribution in [0.4, 0.5) is 0 Å². The SMILES string of the molecule is CCC(Oc1ccc(/C(=N\OCc2nc(-c3ccc(C)cc3)oc2C)c2ccccc2)cc1C)C(=O)O. The van der Waals surface area contributed by atoms with Gasteiger partial charge in [-0.25, -0.2) is 9.78 Å². The summed E-state index contributed by atoms with van der Waals surface area (Å²) >= 11 is 0. The first kappa shape index (κ1) is 25.7. The molecule has 0 amide bonds. The van der Waals surface area contributed by atoms with Gasteiger partial charge < -0.3 is 19.1 Å². The number of aromatic nitrogens is 1. The quantitative estimate of drug-likeness (QED) is 0.199. The van der Waals surface area contributed by atoms with E-state index in [1.54, 1.807) is 13.0 Å². The summed E-state index contributed by atoms with van der Waals surface area (Å²) in [5.74, 6) is 0.752. The van der Waals surface area contributed by atoms with E-state index in [1.807, 2.05) is 87.5 Å². The Hall–Kier alpha value is -4.39. The van der Waals surface area contributed by atoms with Crippen molar-refractivity contribution in [3.05, 3.63) is 107 Å². The van der Waals surface area contributed by atoms with Crippen molar-refractivity contribution in [2.45, 2.75) is 46.8 Å². The van der Waals surface area contributed by atoms with Gasteiger partial charge in [0.2, 0.25) is 5.89 Å². The topological polar surface area (TPSA) is 94.2 Å². The fourth-order valence-electron chi connectivity index (χ4n) is 3.80. The zero-order chi connectivity index (χ0) is 26.4. The Morgan fingerprint density at radius 3 is 2.38 bits per heavy atom. The predicted molar refractivity (Wildman–Crippen MR) is 142 cm³/mol. The minimum Gasteiger partial charge on any atom is -0.479 e. The number of rotatable bonds is 10. The number of carbonyl (C=O) groups is 1. The Bertz CT molecular complexity index is 1390. The first-order valence-corrected chi connectivity index (χ1v) is 12.1. The number of hydrogen-bond acceptors (Lipinski definition) is 6. The summed E-state index contributed by atoms with van der Waals surface area (Å²) in [4.78, 5) is 21.8. The molecular weight excluding hydrogens is 468 g/mol. The van der Waals surface area contributed by atoms with Gasteiger partial charge >= 0.3 is 5.97 Å². The molecular formula is C30H30N2O5. The fraction of sp³-hybridized carbons (Fsp3) is 0.233. The molecule has 0 radical (unpaired) electrons. The second kappa shape index (κ2) is 11.6. The van der Waals surface area contributed by atoms with Crippen LogP contribution in [0.2, 0.25) is 0 Å². The number of aryl methyl sites for hydroxylation is 3. The highest BCUT2D eigenvalue weighted by Crippen LogP contribution is 2.25. The van der Waals surface area contributed by atoms with Gasteiger partial charge in [-0.2, -0.15) is 0 Å². The number of ether oxygens (including phenoxy) is 1. The third kappa shape index (κ3) is 6.25. The maximum Gasteiger partial charge on any atom is 0.344 e. The lowest BCUT2D eigenvalue weighted by Crippen LogP contribution is -2.26. The van der Waals surface area contributed by atoms with Crippen LogP contribution in [0.1, 0.15) is 47.1 Å². The molecule has 0 fully saturated rings. The average Bonchev–Trinajstić information content (AvgIpc) is 3.26. The number of nitrogens with zero attached hydrogens (tertiary/aromatic N) is 2. The fourth-order valence-corrected chi connectivity index (χ4v) is 3.80. The van der Waals surface area contributed by atoms with Crippen LogP contribution in [0.3, 0.4) is 0 Å². The zero-order valence-electron chi connectivity index (χ0n) is 21.4. The Balaban J connectivity index is 1.57. The van der Waals surface area contributed by atoms with Gasteiger partial charge in [0, 0.05) is 16.7 Å². The Kier molecular flexibility index (Phi) is 8.03. The molecule has 7 heteroatoms. The van der Waals surface area contributed by atoms with Gasteiger partial charge in [0.1, 0.15) is 22.9 Å². The van der Waals surface area contributed by atoms with E-state index in [9.17, 15) is 9.90 Å². The minimum absolute atomic E-state index is 0.147. The van der Waals surface area contributed by atoms with Crippen molar-refractivity contribution < 1.29 is 23.9 Å². The van der Waals surface area contributed by atoms with E-state index in [4.69, 9.17) is 14.0 Å². The van der Waals surface area contributed by atoms with E-state index in [0.29, 0.717) is 35.2 Å². The van der Waals surface area contributed by atoms with E-state index in [1.165, 1.54) is 5.56 Å². The molecule has 0 saturated carbocycles. The highest BCUT2D eigenvalue weighted by atomic mass is 16.6. The Morgan fingerprint density at radius 2 is 1.73 bits per heavy atom. The van der Waals surface area contributed by atoms with Crippen molar-refractivity contribution in [2.24, 2.45) is 5.16 Å². The molecule has 0 spiro atoms. The van der Waals surface area contributed by atoms with Crippen molar-refractivity contribution in [3.8, 4) is 17.2 Å². The van der Waals surface area contributed by atoms with E-state index in [0.717, 1.165) is 22.3 Å². The summed E-state index contributed by atoms with van der Waals surface area (Å²) in [6, 6.07) is 23.2. The largest absolute Gasteiger partial charge is 0.479 e. The maximum atomic E-state index is 11.4. The second-order valence-electron chi connectivity index (χ2n) is 8.80. The number of oxazole rings is 1. The highest BCUT2D eigenvalue weighted by molar-refractivity contribution is 6.12. The molecule has 3 aromatic carbocycles. The summed E-state index contributed by atoms with van der Waals surface area (Å²) in [5.41, 5.74) is 5.88. The molecule has 4 rings (SSSR count). The van der Waals surface area contributed by atoms with Crippen molar-refractivity contribution in [1.82, 2.24) is 4.98 Å². The van der Waals surface area contributed by atoms with Crippen LogP contribution >= 0.6 is 0 Å². The summed E-state index contributed by atoms with van der Waals surface area (Å²) in [7, 11) is 0. The van der Waals surface area contributed by atoms with Gasteiger partial charge in [-0.1, -0.05) is 60.1 Å². The van der Waals surface area contributed by atoms with Gasteiger partial charge in [0.15, 0.2) is 12.7 Å². The summed E-state index contributed by atoms with van der Waals surface area (Å²) < 4.78 is 11.6. The van der Waals surface area contributed by atoms with Crippen molar-refractivity contribution in [2.75, 3.05) is 0 Å². The van der Waals surface area contributed by atoms with E-state index in [2.05, 4.69) is 10.1 Å². The molecule has 0 aliphatic carbocycles. The van der Waals surface area contributed by atoms with E-state index >= 15 is 0 Å². The molecule has 1 N–H and O–H groups in total. The average molecular weight is 499 g/mol. The van der Waals surface area contributed by atoms with Crippen LogP contribution < -0.4 is 4.74 Å². The number of oxime groups is 1. The van der Waals surface area contributed by atoms with E-state index < -0.39 is 12.1 Å². The lowest BCUT2D eigenvalue weighted by atomic mass is 10.0. The van der Waals surface area contributed by atoms with Crippen LogP contribution in [-0.2, 0) is 16.2 Å². The lowest BCUT2D eigenvalue weighted by Gasteiger charge is -2.16. The smallest absolute Gasteiger partial charge is 0.344 e. The van der Waals surface area contributed by atoms with Gasteiger partial charge in [0.25, 0.3) is 0 Å². The molecule has 0 saturated heterocycles. The molecule has 7 nitrogen and oxygen atoms in total. The number of hydrogen-bond donors (Lipinski definition) is 1. The number of carboxylic acid groups (broad SMARTS) is 1. The lowest BCUT2D eigenvalue weighted by molar-refractivity contribution is -0.145. The highest BCUT2D eigenvalue weighted by Gasteiger charge is 2.19. The normalized spacial score (nSPS) is 12.3. The van der Waals surface area contributed by atoms with Gasteiger partial charge in [-0.05, 0) is 63.1 Å². The molecule has 37 heavy (non-hydrogen) atoms. The molecule has 0 aliphatic heterocycles. The second-order valence-corrected chi connectivity index (χ2v) is 8.80. The van der Waals surface area contributed by atoms with Gasteiger partial charge in [0.05, 0.1) is 0 Å². The van der Waals surface area contributed by atoms with Crippen LogP contribution in [0.5, 0.6) is 5.75 Å². The summed E-state index contributed by atoms with van der Waals surface area (Å²) in [5, 5.41) is 13.8. The zero-order valence-corrected chi connectivity index (χ0v) is 21.4. The minimum atomic E-state index is -0.986. The summed E-state index contributed by atoms with van der Waals surface area (Å²) in [6.45, 7) is 7.69. The first-order chi connectivity index (χ1) is 17.9. The molecule has 1 heterocycles. The number of benzene rings is 3. The number of carboxylic acids is 1. The van der Waals surface area contributed by atoms with Crippen LogP contribution in [-0.4, -0.2) is 27.9 Å². The molecule has 1 atom stereocenters. The Morgan fingerprint density at radius 1 is 1.00 bits per heavy atom. The van der Waals surface area contributed by atoms with Crippen molar-refractivity contribution in [1.29, 1.82) is 0 Å². The molecule has 4 aromatic rings. The predicted octanol–water partition coefficient (Wildman–Crippen LogP) is 6.48. The van der Waals surface area contributed by atoms with Gasteiger partial charge in [-0.15, -0.1) is 0 Å². The van der Waals surface area contributed by atoms with Crippen molar-refractivity contribution >= 4 is 11.7 Å². The first-order valence-electron chi connectivity index (χ1n) is 12.1. The summed E-state index contributed by atoms with van der Waals surface area (Å²) in [6.07, 6.45) is -0.528.